The van der Waals surface area contributed by atoms with Gasteiger partial charge in [0, 0.05) is 29.9 Å². The number of fused-ring (bicyclic) bond motifs is 3. The van der Waals surface area contributed by atoms with E-state index in [1.54, 1.807) is 12.4 Å². The first-order valence-corrected chi connectivity index (χ1v) is 10.9. The van der Waals surface area contributed by atoms with Gasteiger partial charge in [0.15, 0.2) is 11.5 Å². The molecule has 0 atom stereocenters. The van der Waals surface area contributed by atoms with Crippen LogP contribution < -0.4 is 5.32 Å². The van der Waals surface area contributed by atoms with E-state index >= 15 is 0 Å². The summed E-state index contributed by atoms with van der Waals surface area (Å²) in [5, 5.41) is 9.27. The van der Waals surface area contributed by atoms with Gasteiger partial charge in [0.1, 0.15) is 0 Å². The number of nitrogens with one attached hydrogen (secondary N) is 1. The molecule has 1 N–H and O–H groups in total. The highest BCUT2D eigenvalue weighted by molar-refractivity contribution is 5.92. The van der Waals surface area contributed by atoms with Crippen molar-refractivity contribution in [3.63, 3.8) is 0 Å². The van der Waals surface area contributed by atoms with Crippen molar-refractivity contribution in [1.82, 2.24) is 29.5 Å². The van der Waals surface area contributed by atoms with E-state index < -0.39 is 0 Å². The molecule has 1 aliphatic rings. The highest BCUT2D eigenvalue weighted by Crippen LogP contribution is 2.23. The molecule has 0 spiro atoms. The lowest BCUT2D eigenvalue weighted by molar-refractivity contribution is 0.284. The molecule has 30 heavy (non-hydrogen) atoms. The van der Waals surface area contributed by atoms with E-state index in [9.17, 15) is 0 Å². The smallest absolute Gasteiger partial charge is 0.226 e. The number of benzene rings is 1. The van der Waals surface area contributed by atoms with Gasteiger partial charge in [-0.2, -0.15) is 4.52 Å². The molecule has 1 aliphatic heterocycles. The first kappa shape index (κ1) is 18.9. The molecule has 7 heteroatoms. The van der Waals surface area contributed by atoms with E-state index in [4.69, 9.17) is 15.1 Å². The minimum absolute atomic E-state index is 0.683. The van der Waals surface area contributed by atoms with Gasteiger partial charge in [-0.05, 0) is 63.2 Å². The highest BCUT2D eigenvalue weighted by Gasteiger charge is 2.14. The van der Waals surface area contributed by atoms with Crippen molar-refractivity contribution >= 4 is 22.5 Å². The maximum absolute atomic E-state index is 4.83. The molecule has 0 aliphatic carbocycles. The Balaban J connectivity index is 1.39. The van der Waals surface area contributed by atoms with Crippen molar-refractivity contribution in [3.05, 3.63) is 48.8 Å². The number of pyridine rings is 1. The summed E-state index contributed by atoms with van der Waals surface area (Å²) in [6, 6.07) is 12.0. The Kier molecular flexibility index (Phi) is 5.52. The topological polar surface area (TPSA) is 71.2 Å². The van der Waals surface area contributed by atoms with Crippen LogP contribution in [0.25, 0.3) is 27.9 Å². The Morgan fingerprint density at radius 1 is 0.900 bits per heavy atom. The molecule has 0 saturated carbocycles. The second kappa shape index (κ2) is 8.75. The first-order valence-electron chi connectivity index (χ1n) is 10.9. The second-order valence-corrected chi connectivity index (χ2v) is 7.90. The normalized spacial score (nSPS) is 15.5. The number of aromatic nitrogens is 5. The molecule has 0 unspecified atom stereocenters. The minimum Gasteiger partial charge on any atom is -0.354 e. The molecule has 0 bridgehead atoms. The molecule has 5 rings (SSSR count). The van der Waals surface area contributed by atoms with E-state index in [0.717, 1.165) is 47.6 Å². The summed E-state index contributed by atoms with van der Waals surface area (Å²) in [6.07, 6.45) is 10.0. The largest absolute Gasteiger partial charge is 0.354 e. The minimum atomic E-state index is 0.683. The molecular formula is C23H27N7. The summed E-state index contributed by atoms with van der Waals surface area (Å²) in [7, 11) is 0. The van der Waals surface area contributed by atoms with Crippen LogP contribution in [-0.4, -0.2) is 55.6 Å². The zero-order valence-electron chi connectivity index (χ0n) is 17.2. The second-order valence-electron chi connectivity index (χ2n) is 7.90. The van der Waals surface area contributed by atoms with Crippen molar-refractivity contribution in [3.8, 4) is 11.4 Å². The number of hydrogen-bond acceptors (Lipinski definition) is 6. The summed E-state index contributed by atoms with van der Waals surface area (Å²) in [4.78, 5) is 16.3. The summed E-state index contributed by atoms with van der Waals surface area (Å²) in [6.45, 7) is 4.46. The maximum atomic E-state index is 4.83. The molecule has 1 aromatic carbocycles. The van der Waals surface area contributed by atoms with Gasteiger partial charge in [-0.3, -0.25) is 4.98 Å². The lowest BCUT2D eigenvalue weighted by atomic mass is 10.2. The molecule has 0 radical (unpaired) electrons. The quantitative estimate of drug-likeness (QED) is 0.492. The van der Waals surface area contributed by atoms with Crippen LogP contribution in [0.3, 0.4) is 0 Å². The summed E-state index contributed by atoms with van der Waals surface area (Å²) >= 11 is 0. The van der Waals surface area contributed by atoms with Gasteiger partial charge in [-0.15, -0.1) is 5.10 Å². The Hall–Kier alpha value is -3.06. The fraction of sp³-hybridized carbons (Fsp3) is 0.391. The van der Waals surface area contributed by atoms with Gasteiger partial charge >= 0.3 is 0 Å². The van der Waals surface area contributed by atoms with Crippen LogP contribution >= 0.6 is 0 Å². The number of rotatable bonds is 6. The summed E-state index contributed by atoms with van der Waals surface area (Å²) in [5.74, 6) is 1.43. The van der Waals surface area contributed by atoms with Crippen LogP contribution in [0.4, 0.5) is 5.95 Å². The molecule has 154 valence electrons. The molecular weight excluding hydrogens is 374 g/mol. The standard InChI is InChI=1S/C23H27N7/c1-2-6-16-29(15-5-1)17-7-12-25-23-26-20-9-4-3-8-19(20)22-27-21(28-30(22)23)18-10-13-24-14-11-18/h3-4,8-11,13-14H,1-2,5-7,12,15-17H2,(H,25,26). The van der Waals surface area contributed by atoms with Crippen LogP contribution in [0, 0.1) is 0 Å². The van der Waals surface area contributed by atoms with E-state index in [0.29, 0.717) is 5.82 Å². The van der Waals surface area contributed by atoms with E-state index in [1.807, 2.05) is 40.9 Å². The highest BCUT2D eigenvalue weighted by atomic mass is 15.4. The number of hydrogen-bond donors (Lipinski definition) is 1. The Morgan fingerprint density at radius 2 is 1.70 bits per heavy atom. The van der Waals surface area contributed by atoms with Crippen molar-refractivity contribution < 1.29 is 0 Å². The number of likely N-dealkylation sites (tertiary alicyclic amines) is 1. The predicted octanol–water partition coefficient (Wildman–Crippen LogP) is 4.02. The third-order valence-electron chi connectivity index (χ3n) is 5.75. The zero-order chi connectivity index (χ0) is 20.2. The van der Waals surface area contributed by atoms with Crippen LogP contribution in [-0.2, 0) is 0 Å². The number of para-hydroxylation sites is 1. The zero-order valence-corrected chi connectivity index (χ0v) is 17.2. The van der Waals surface area contributed by atoms with E-state index in [-0.39, 0.29) is 0 Å². The molecule has 4 aromatic rings. The van der Waals surface area contributed by atoms with Crippen LogP contribution in [0.5, 0.6) is 0 Å². The average Bonchev–Trinajstić information content (AvgIpc) is 3.09. The molecule has 1 fully saturated rings. The van der Waals surface area contributed by atoms with E-state index in [1.165, 1.54) is 38.8 Å². The van der Waals surface area contributed by atoms with Crippen molar-refractivity contribution in [2.45, 2.75) is 32.1 Å². The van der Waals surface area contributed by atoms with Gasteiger partial charge in [0.05, 0.1) is 5.52 Å². The Morgan fingerprint density at radius 3 is 2.53 bits per heavy atom. The van der Waals surface area contributed by atoms with Gasteiger partial charge in [0.25, 0.3) is 0 Å². The van der Waals surface area contributed by atoms with Crippen molar-refractivity contribution in [2.75, 3.05) is 31.5 Å². The molecule has 4 heterocycles. The van der Waals surface area contributed by atoms with Crippen LogP contribution in [0.2, 0.25) is 0 Å². The maximum Gasteiger partial charge on any atom is 0.226 e. The SMILES string of the molecule is c1ccc2c(c1)nc(NCCCN1CCCCCC1)n1nc(-c3ccncc3)nc21. The van der Waals surface area contributed by atoms with Crippen molar-refractivity contribution in [2.24, 2.45) is 0 Å². The molecule has 1 saturated heterocycles. The molecule has 3 aromatic heterocycles. The van der Waals surface area contributed by atoms with Crippen molar-refractivity contribution in [1.29, 1.82) is 0 Å². The summed E-state index contributed by atoms with van der Waals surface area (Å²) < 4.78 is 1.84. The van der Waals surface area contributed by atoms with Gasteiger partial charge in [-0.1, -0.05) is 25.0 Å². The summed E-state index contributed by atoms with van der Waals surface area (Å²) in [5.41, 5.74) is 2.70. The number of anilines is 1. The van der Waals surface area contributed by atoms with Crippen LogP contribution in [0.1, 0.15) is 32.1 Å². The lowest BCUT2D eigenvalue weighted by Crippen LogP contribution is -2.27. The van der Waals surface area contributed by atoms with Gasteiger partial charge in [0.2, 0.25) is 5.95 Å². The predicted molar refractivity (Wildman–Crippen MR) is 120 cm³/mol. The third kappa shape index (κ3) is 3.98. The fourth-order valence-corrected chi connectivity index (χ4v) is 4.16. The van der Waals surface area contributed by atoms with Gasteiger partial charge in [-0.25, -0.2) is 9.97 Å². The lowest BCUT2D eigenvalue weighted by Gasteiger charge is -2.19. The Bertz CT molecular complexity index is 1110. The Labute approximate surface area is 176 Å². The fourth-order valence-electron chi connectivity index (χ4n) is 4.16. The first-order chi connectivity index (χ1) is 14.9. The number of nitrogens with zero attached hydrogens (tertiary/aromatic N) is 6. The monoisotopic (exact) mass is 401 g/mol. The third-order valence-corrected chi connectivity index (χ3v) is 5.75. The van der Waals surface area contributed by atoms with E-state index in [2.05, 4.69) is 15.2 Å². The van der Waals surface area contributed by atoms with Crippen LogP contribution in [0.15, 0.2) is 48.8 Å². The van der Waals surface area contributed by atoms with Gasteiger partial charge < -0.3 is 10.2 Å². The average molecular weight is 402 g/mol. The molecule has 0 amide bonds. The molecule has 7 nitrogen and oxygen atoms in total.